The largest absolute Gasteiger partial charge is 0.252 e. The van der Waals surface area contributed by atoms with Gasteiger partial charge < -0.3 is 0 Å². The van der Waals surface area contributed by atoms with Gasteiger partial charge in [0, 0.05) is 0 Å². The van der Waals surface area contributed by atoms with E-state index in [1.807, 2.05) is 0 Å². The van der Waals surface area contributed by atoms with Crippen molar-refractivity contribution in [3.8, 4) is 0 Å². The molecule has 0 unspecified atom stereocenters. The van der Waals surface area contributed by atoms with Crippen molar-refractivity contribution >= 4 is 22.8 Å². The van der Waals surface area contributed by atoms with E-state index in [0.29, 0.717) is 0 Å². The molecule has 2 aromatic carbocycles. The highest BCUT2D eigenvalue weighted by molar-refractivity contribution is 6.43. The lowest BCUT2D eigenvalue weighted by atomic mass is 9.98. The van der Waals surface area contributed by atoms with Crippen LogP contribution in [0.25, 0.3) is 0 Å². The molecule has 0 atom stereocenters. The summed E-state index contributed by atoms with van der Waals surface area (Å²) in [6.45, 7) is 13.9. The van der Waals surface area contributed by atoms with E-state index in [1.165, 1.54) is 257 Å². The zero-order chi connectivity index (χ0) is 44.6. The van der Waals surface area contributed by atoms with Gasteiger partial charge in [-0.1, -0.05) is 233 Å². The molecule has 0 bridgehead atoms. The minimum absolute atomic E-state index is 1.01. The smallest absolute Gasteiger partial charge is 0.0639 e. The van der Waals surface area contributed by atoms with E-state index >= 15 is 0 Å². The number of aliphatic imine (C=N–C) groups is 2. The van der Waals surface area contributed by atoms with Crippen LogP contribution in [0, 0.1) is 0 Å². The fourth-order valence-corrected chi connectivity index (χ4v) is 9.24. The first-order chi connectivity index (χ1) is 30.6. The van der Waals surface area contributed by atoms with Crippen molar-refractivity contribution in [3.63, 3.8) is 0 Å². The van der Waals surface area contributed by atoms with Crippen molar-refractivity contribution in [2.75, 3.05) is 0 Å². The summed E-state index contributed by atoms with van der Waals surface area (Å²) in [5.41, 5.74) is 10.8. The number of aryl methyl sites for hydroxylation is 4. The summed E-state index contributed by atoms with van der Waals surface area (Å²) in [6.07, 6.45) is 52.7. The molecule has 0 saturated carbocycles. The van der Waals surface area contributed by atoms with E-state index in [4.69, 9.17) is 9.98 Å². The zero-order valence-electron chi connectivity index (χ0n) is 42.6. The molecule has 354 valence electrons. The highest BCUT2D eigenvalue weighted by Crippen LogP contribution is 2.27. The van der Waals surface area contributed by atoms with Gasteiger partial charge in [-0.05, 0) is 124 Å². The van der Waals surface area contributed by atoms with Crippen LogP contribution in [0.2, 0.25) is 0 Å². The SMILES string of the molecule is CCCCCCCCCCCCCCCCCCCCCCC(=Nc1cc(CCCCC)cc(CCCCC)c1)C(CCCC)=Nc1cc(CCCCC)cc(CCCCC)c1. The van der Waals surface area contributed by atoms with Crippen LogP contribution in [0.4, 0.5) is 11.4 Å². The lowest BCUT2D eigenvalue weighted by Gasteiger charge is -2.14. The third-order valence-corrected chi connectivity index (χ3v) is 13.2. The molecular weight excluding hydrogens is 749 g/mol. The van der Waals surface area contributed by atoms with Crippen LogP contribution in [0.15, 0.2) is 46.4 Å². The molecule has 0 aromatic heterocycles. The van der Waals surface area contributed by atoms with Gasteiger partial charge in [-0.2, -0.15) is 0 Å². The van der Waals surface area contributed by atoms with Gasteiger partial charge in [-0.3, -0.25) is 9.98 Å². The molecule has 0 spiro atoms. The summed E-state index contributed by atoms with van der Waals surface area (Å²) >= 11 is 0. The van der Waals surface area contributed by atoms with E-state index in [2.05, 4.69) is 77.9 Å². The molecule has 0 aliphatic carbocycles. The van der Waals surface area contributed by atoms with Crippen LogP contribution in [0.3, 0.4) is 0 Å². The third kappa shape index (κ3) is 29.3. The Balaban J connectivity index is 2.15. The first kappa shape index (κ1) is 55.9. The monoisotopic (exact) mass is 853 g/mol. The van der Waals surface area contributed by atoms with E-state index in [9.17, 15) is 0 Å². The van der Waals surface area contributed by atoms with Gasteiger partial charge >= 0.3 is 0 Å². The number of unbranched alkanes of at least 4 members (excludes halogenated alkanes) is 28. The number of nitrogens with zero attached hydrogens (tertiary/aromatic N) is 2. The Labute approximate surface area is 388 Å². The maximum absolute atomic E-state index is 5.66. The second-order valence-electron chi connectivity index (χ2n) is 19.5. The number of rotatable bonds is 43. The van der Waals surface area contributed by atoms with E-state index in [1.54, 1.807) is 0 Å². The second kappa shape index (κ2) is 40.3. The van der Waals surface area contributed by atoms with Crippen molar-refractivity contribution in [1.82, 2.24) is 0 Å². The maximum Gasteiger partial charge on any atom is 0.0639 e. The second-order valence-corrected chi connectivity index (χ2v) is 19.5. The average molecular weight is 854 g/mol. The van der Waals surface area contributed by atoms with Crippen molar-refractivity contribution < 1.29 is 0 Å². The van der Waals surface area contributed by atoms with Gasteiger partial charge in [0.2, 0.25) is 0 Å². The molecule has 0 fully saturated rings. The third-order valence-electron chi connectivity index (χ3n) is 13.2. The Morgan fingerprint density at radius 3 is 0.758 bits per heavy atom. The molecule has 62 heavy (non-hydrogen) atoms. The molecule has 0 heterocycles. The Morgan fingerprint density at radius 1 is 0.258 bits per heavy atom. The molecule has 0 saturated heterocycles. The predicted octanol–water partition coefficient (Wildman–Crippen LogP) is 20.9. The van der Waals surface area contributed by atoms with Gasteiger partial charge in [0.05, 0.1) is 22.8 Å². The molecule has 2 heteroatoms. The Kier molecular flexibility index (Phi) is 36.3. The minimum atomic E-state index is 1.01. The molecule has 2 aromatic rings. The fraction of sp³-hybridized carbons (Fsp3) is 0.767. The molecule has 2 nitrogen and oxygen atoms in total. The van der Waals surface area contributed by atoms with Gasteiger partial charge in [0.25, 0.3) is 0 Å². The van der Waals surface area contributed by atoms with E-state index < -0.39 is 0 Å². The van der Waals surface area contributed by atoms with Crippen LogP contribution >= 0.6 is 0 Å². The highest BCUT2D eigenvalue weighted by Gasteiger charge is 2.13. The van der Waals surface area contributed by atoms with Crippen molar-refractivity contribution in [2.24, 2.45) is 9.98 Å². The lowest BCUT2D eigenvalue weighted by molar-refractivity contribution is 0.522. The van der Waals surface area contributed by atoms with Gasteiger partial charge in [-0.15, -0.1) is 0 Å². The summed E-state index contributed by atoms with van der Waals surface area (Å²) in [6, 6.07) is 14.7. The lowest BCUT2D eigenvalue weighted by Crippen LogP contribution is -2.14. The molecule has 0 aliphatic heterocycles. The van der Waals surface area contributed by atoms with Crippen molar-refractivity contribution in [3.05, 3.63) is 58.7 Å². The molecule has 0 N–H and O–H groups in total. The molecular formula is C60H104N2. The van der Waals surface area contributed by atoms with Crippen LogP contribution in [-0.4, -0.2) is 11.4 Å². The Bertz CT molecular complexity index is 1330. The molecule has 2 rings (SSSR count). The van der Waals surface area contributed by atoms with Crippen molar-refractivity contribution in [1.29, 1.82) is 0 Å². The van der Waals surface area contributed by atoms with Gasteiger partial charge in [0.1, 0.15) is 0 Å². The predicted molar refractivity (Wildman–Crippen MR) is 282 cm³/mol. The summed E-state index contributed by atoms with van der Waals surface area (Å²) in [7, 11) is 0. The zero-order valence-corrected chi connectivity index (χ0v) is 42.6. The quantitative estimate of drug-likeness (QED) is 0.0469. The standard InChI is InChI=1S/C60H104N2/c1-7-13-19-20-21-22-23-24-25-26-27-28-29-30-31-32-33-34-35-40-46-60(62-58-51-55(43-38-16-10-4)48-56(52-58)44-39-17-11-5)59(45-18-12-6)61-57-49-53(41-36-14-8-2)47-54(50-57)42-37-15-9-3/h47-52H,7-46H2,1-6H3. The van der Waals surface area contributed by atoms with Crippen molar-refractivity contribution in [2.45, 2.75) is 298 Å². The Hall–Kier alpha value is -2.22. The van der Waals surface area contributed by atoms with Crippen LogP contribution < -0.4 is 0 Å². The summed E-state index contributed by atoms with van der Waals surface area (Å²) in [4.78, 5) is 11.3. The highest BCUT2D eigenvalue weighted by atomic mass is 14.8. The number of hydrogen-bond donors (Lipinski definition) is 0. The average Bonchev–Trinajstić information content (AvgIpc) is 3.27. The Morgan fingerprint density at radius 2 is 0.484 bits per heavy atom. The molecule has 0 aliphatic rings. The summed E-state index contributed by atoms with van der Waals surface area (Å²) in [5, 5.41) is 0. The topological polar surface area (TPSA) is 24.7 Å². The maximum atomic E-state index is 5.66. The minimum Gasteiger partial charge on any atom is -0.252 e. The van der Waals surface area contributed by atoms with Crippen LogP contribution in [0.5, 0.6) is 0 Å². The normalized spacial score (nSPS) is 12.2. The fourth-order valence-electron chi connectivity index (χ4n) is 9.24. The summed E-state index contributed by atoms with van der Waals surface area (Å²) in [5.74, 6) is 0. The molecule has 0 amide bonds. The number of benzene rings is 2. The van der Waals surface area contributed by atoms with Gasteiger partial charge in [-0.25, -0.2) is 0 Å². The molecule has 0 radical (unpaired) electrons. The first-order valence-electron chi connectivity index (χ1n) is 28.0. The summed E-state index contributed by atoms with van der Waals surface area (Å²) < 4.78 is 0. The number of hydrogen-bond acceptors (Lipinski definition) is 2. The van der Waals surface area contributed by atoms with Crippen LogP contribution in [-0.2, 0) is 25.7 Å². The first-order valence-corrected chi connectivity index (χ1v) is 28.0. The van der Waals surface area contributed by atoms with E-state index in [0.717, 1.165) is 44.9 Å². The van der Waals surface area contributed by atoms with E-state index in [-0.39, 0.29) is 0 Å². The van der Waals surface area contributed by atoms with Gasteiger partial charge in [0.15, 0.2) is 0 Å². The van der Waals surface area contributed by atoms with Crippen LogP contribution in [0.1, 0.15) is 295 Å².